The first-order valence-corrected chi connectivity index (χ1v) is 6.48. The molecular formula is C14H16F3N3O. The minimum absolute atomic E-state index is 0.0759. The van der Waals surface area contributed by atoms with E-state index >= 15 is 0 Å². The van der Waals surface area contributed by atoms with Crippen LogP contribution in [0.25, 0.3) is 0 Å². The number of rotatable bonds is 4. The van der Waals surface area contributed by atoms with Gasteiger partial charge in [-0.2, -0.15) is 18.3 Å². The van der Waals surface area contributed by atoms with Crippen LogP contribution >= 0.6 is 0 Å². The number of hydrogen-bond donors (Lipinski definition) is 1. The van der Waals surface area contributed by atoms with Crippen molar-refractivity contribution < 1.29 is 18.3 Å². The molecule has 0 aliphatic carbocycles. The van der Waals surface area contributed by atoms with Crippen LogP contribution in [0.2, 0.25) is 0 Å². The molecule has 4 nitrogen and oxygen atoms in total. The Bertz CT molecular complexity index is 622. The number of aryl methyl sites for hydroxylation is 2. The highest BCUT2D eigenvalue weighted by Crippen LogP contribution is 2.32. The van der Waals surface area contributed by atoms with Crippen LogP contribution in [0.1, 0.15) is 22.8 Å². The molecule has 1 heterocycles. The van der Waals surface area contributed by atoms with Crippen molar-refractivity contribution in [3.63, 3.8) is 0 Å². The molecule has 0 radical (unpaired) electrons. The third-order valence-electron chi connectivity index (χ3n) is 3.12. The molecule has 114 valence electrons. The lowest BCUT2D eigenvalue weighted by Crippen LogP contribution is -2.22. The van der Waals surface area contributed by atoms with E-state index in [1.807, 2.05) is 0 Å². The van der Waals surface area contributed by atoms with Crippen molar-refractivity contribution in [3.8, 4) is 0 Å². The van der Waals surface area contributed by atoms with Gasteiger partial charge in [-0.05, 0) is 25.5 Å². The van der Waals surface area contributed by atoms with Gasteiger partial charge in [-0.15, -0.1) is 0 Å². The molecule has 0 aliphatic heterocycles. The first-order valence-electron chi connectivity index (χ1n) is 6.48. The molecule has 2 rings (SSSR count). The van der Waals surface area contributed by atoms with Crippen LogP contribution in [0, 0.1) is 13.8 Å². The van der Waals surface area contributed by atoms with E-state index in [1.54, 1.807) is 13.8 Å². The average Bonchev–Trinajstić information content (AvgIpc) is 2.67. The van der Waals surface area contributed by atoms with Gasteiger partial charge in [0.2, 0.25) is 0 Å². The Morgan fingerprint density at radius 1 is 1.24 bits per heavy atom. The molecule has 1 aromatic heterocycles. The number of aliphatic hydroxyl groups is 1. The van der Waals surface area contributed by atoms with E-state index in [0.29, 0.717) is 11.6 Å². The Labute approximate surface area is 120 Å². The lowest BCUT2D eigenvalue weighted by molar-refractivity contribution is -0.138. The predicted molar refractivity (Wildman–Crippen MR) is 70.7 cm³/mol. The molecule has 0 bridgehead atoms. The second-order valence-corrected chi connectivity index (χ2v) is 4.90. The average molecular weight is 299 g/mol. The summed E-state index contributed by atoms with van der Waals surface area (Å²) >= 11 is 0. The molecule has 0 spiro atoms. The molecule has 21 heavy (non-hydrogen) atoms. The van der Waals surface area contributed by atoms with Crippen molar-refractivity contribution in [3.05, 3.63) is 47.0 Å². The standard InChI is InChI=1S/C14H16F3N3O/c1-9-18-10(2)20(19-9)8-12(21)7-11-5-3-4-6-13(11)14(15,16)17/h3-6,12,21H,7-8H2,1-2H3. The normalized spacial score (nSPS) is 13.4. The van der Waals surface area contributed by atoms with Crippen molar-refractivity contribution in [2.45, 2.75) is 39.1 Å². The molecule has 0 saturated heterocycles. The van der Waals surface area contributed by atoms with Gasteiger partial charge in [0.05, 0.1) is 18.2 Å². The summed E-state index contributed by atoms with van der Waals surface area (Å²) in [5.74, 6) is 1.19. The van der Waals surface area contributed by atoms with Gasteiger partial charge in [0.1, 0.15) is 11.6 Å². The van der Waals surface area contributed by atoms with Crippen molar-refractivity contribution in [2.75, 3.05) is 0 Å². The number of benzene rings is 1. The van der Waals surface area contributed by atoms with Crippen molar-refractivity contribution in [1.29, 1.82) is 0 Å². The summed E-state index contributed by atoms with van der Waals surface area (Å²) in [5.41, 5.74) is -0.637. The van der Waals surface area contributed by atoms with E-state index in [2.05, 4.69) is 10.1 Å². The zero-order valence-electron chi connectivity index (χ0n) is 11.7. The molecule has 1 N–H and O–H groups in total. The Hall–Kier alpha value is -1.89. The number of hydrogen-bond acceptors (Lipinski definition) is 3. The van der Waals surface area contributed by atoms with Crippen LogP contribution in [0.3, 0.4) is 0 Å². The molecule has 0 fully saturated rings. The maximum absolute atomic E-state index is 12.9. The Morgan fingerprint density at radius 2 is 1.90 bits per heavy atom. The molecular weight excluding hydrogens is 283 g/mol. The van der Waals surface area contributed by atoms with Crippen molar-refractivity contribution in [1.82, 2.24) is 14.8 Å². The van der Waals surface area contributed by atoms with Crippen LogP contribution in [-0.2, 0) is 19.1 Å². The van der Waals surface area contributed by atoms with E-state index in [9.17, 15) is 18.3 Å². The molecule has 2 aromatic rings. The van der Waals surface area contributed by atoms with Gasteiger partial charge in [-0.25, -0.2) is 9.67 Å². The molecule has 1 aromatic carbocycles. The van der Waals surface area contributed by atoms with Gasteiger partial charge in [0.15, 0.2) is 0 Å². The van der Waals surface area contributed by atoms with Gasteiger partial charge in [0, 0.05) is 6.42 Å². The fourth-order valence-electron chi connectivity index (χ4n) is 2.23. The number of halogens is 3. The monoisotopic (exact) mass is 299 g/mol. The fourth-order valence-corrected chi connectivity index (χ4v) is 2.23. The second kappa shape index (κ2) is 5.85. The molecule has 1 unspecified atom stereocenters. The summed E-state index contributed by atoms with van der Waals surface area (Å²) in [6, 6.07) is 5.27. The SMILES string of the molecule is Cc1nc(C)n(CC(O)Cc2ccccc2C(F)(F)F)n1. The van der Waals surface area contributed by atoms with Gasteiger partial charge < -0.3 is 5.11 Å². The Balaban J connectivity index is 2.13. The summed E-state index contributed by atoms with van der Waals surface area (Å²) in [7, 11) is 0. The minimum Gasteiger partial charge on any atom is -0.391 e. The van der Waals surface area contributed by atoms with Crippen LogP contribution < -0.4 is 0 Å². The molecule has 7 heteroatoms. The first kappa shape index (κ1) is 15.5. The maximum atomic E-state index is 12.9. The van der Waals surface area contributed by atoms with E-state index in [4.69, 9.17) is 0 Å². The van der Waals surface area contributed by atoms with Crippen molar-refractivity contribution >= 4 is 0 Å². The van der Waals surface area contributed by atoms with Crippen LogP contribution in [0.15, 0.2) is 24.3 Å². The number of nitrogens with zero attached hydrogens (tertiary/aromatic N) is 3. The predicted octanol–water partition coefficient (Wildman–Crippen LogP) is 2.52. The summed E-state index contributed by atoms with van der Waals surface area (Å²) in [5, 5.41) is 14.1. The Morgan fingerprint density at radius 3 is 2.48 bits per heavy atom. The van der Waals surface area contributed by atoms with Gasteiger partial charge in [-0.1, -0.05) is 18.2 Å². The maximum Gasteiger partial charge on any atom is 0.416 e. The van der Waals surface area contributed by atoms with E-state index in [-0.39, 0.29) is 18.5 Å². The highest BCUT2D eigenvalue weighted by atomic mass is 19.4. The molecule has 0 saturated carbocycles. The van der Waals surface area contributed by atoms with Crippen LogP contribution in [0.4, 0.5) is 13.2 Å². The summed E-state index contributed by atoms with van der Waals surface area (Å²) < 4.78 is 40.1. The van der Waals surface area contributed by atoms with Gasteiger partial charge >= 0.3 is 6.18 Å². The van der Waals surface area contributed by atoms with Gasteiger partial charge in [0.25, 0.3) is 0 Å². The largest absolute Gasteiger partial charge is 0.416 e. The first-order chi connectivity index (χ1) is 9.77. The van der Waals surface area contributed by atoms with Crippen LogP contribution in [-0.4, -0.2) is 26.0 Å². The second-order valence-electron chi connectivity index (χ2n) is 4.90. The molecule has 0 aliphatic rings. The number of alkyl halides is 3. The Kier molecular flexibility index (Phi) is 4.32. The molecule has 1 atom stereocenters. The fraction of sp³-hybridized carbons (Fsp3) is 0.429. The minimum atomic E-state index is -4.42. The smallest absolute Gasteiger partial charge is 0.391 e. The summed E-state index contributed by atoms with van der Waals surface area (Å²) in [6.45, 7) is 3.56. The third kappa shape index (κ3) is 3.81. The van der Waals surface area contributed by atoms with E-state index < -0.39 is 17.8 Å². The lowest BCUT2D eigenvalue weighted by Gasteiger charge is -2.16. The summed E-state index contributed by atoms with van der Waals surface area (Å²) in [4.78, 5) is 4.09. The molecule has 0 amide bonds. The zero-order valence-corrected chi connectivity index (χ0v) is 11.7. The van der Waals surface area contributed by atoms with E-state index in [1.165, 1.54) is 22.9 Å². The number of aliphatic hydroxyl groups excluding tert-OH is 1. The zero-order chi connectivity index (χ0) is 15.6. The topological polar surface area (TPSA) is 50.9 Å². The third-order valence-corrected chi connectivity index (χ3v) is 3.12. The highest BCUT2D eigenvalue weighted by molar-refractivity contribution is 5.30. The number of aromatic nitrogens is 3. The van der Waals surface area contributed by atoms with E-state index in [0.717, 1.165) is 6.07 Å². The van der Waals surface area contributed by atoms with Gasteiger partial charge in [-0.3, -0.25) is 0 Å². The van der Waals surface area contributed by atoms with Crippen molar-refractivity contribution in [2.24, 2.45) is 0 Å². The lowest BCUT2D eigenvalue weighted by atomic mass is 10.0. The van der Waals surface area contributed by atoms with Crippen LogP contribution in [0.5, 0.6) is 0 Å². The quantitative estimate of drug-likeness (QED) is 0.944. The highest BCUT2D eigenvalue weighted by Gasteiger charge is 2.33. The summed E-state index contributed by atoms with van der Waals surface area (Å²) in [6.07, 6.45) is -5.47.